The predicted octanol–water partition coefficient (Wildman–Crippen LogP) is 4.18. The second-order valence-corrected chi connectivity index (χ2v) is 6.47. The minimum absolute atomic E-state index is 0.131. The van der Waals surface area contributed by atoms with Gasteiger partial charge in [-0.2, -0.15) is 10.2 Å². The molecule has 0 aliphatic carbocycles. The van der Waals surface area contributed by atoms with Crippen molar-refractivity contribution >= 4 is 35.1 Å². The summed E-state index contributed by atoms with van der Waals surface area (Å²) in [6.45, 7) is 2.39. The maximum absolute atomic E-state index is 12.2. The molecule has 0 fully saturated rings. The van der Waals surface area contributed by atoms with E-state index in [9.17, 15) is 4.79 Å². The largest absolute Gasteiger partial charge is 0.289 e. The van der Waals surface area contributed by atoms with Gasteiger partial charge in [0.05, 0.1) is 24.0 Å². The average Bonchev–Trinajstić information content (AvgIpc) is 3.12. The topological polar surface area (TPSA) is 52.7 Å². The van der Waals surface area contributed by atoms with Crippen LogP contribution in [0.1, 0.15) is 27.2 Å². The second-order valence-electron chi connectivity index (χ2n) is 5.67. The summed E-state index contributed by atoms with van der Waals surface area (Å²) in [4.78, 5) is 12.2. The van der Waals surface area contributed by atoms with E-state index in [0.29, 0.717) is 22.3 Å². The van der Waals surface area contributed by atoms with Crippen molar-refractivity contribution in [2.45, 2.75) is 13.5 Å². The van der Waals surface area contributed by atoms with Crippen molar-refractivity contribution in [2.75, 3.05) is 0 Å². The number of halogens is 2. The number of allylic oxidation sites excluding steroid dienone is 1. The molecule has 0 atom stereocenters. The molecule has 5 nitrogen and oxygen atoms in total. The van der Waals surface area contributed by atoms with Crippen LogP contribution in [-0.4, -0.2) is 25.3 Å². The molecule has 0 radical (unpaired) electrons. The molecule has 2 heterocycles. The van der Waals surface area contributed by atoms with Crippen LogP contribution in [-0.2, 0) is 13.6 Å². The first-order valence-electron chi connectivity index (χ1n) is 7.62. The van der Waals surface area contributed by atoms with Crippen LogP contribution in [0.25, 0.3) is 6.08 Å². The third-order valence-corrected chi connectivity index (χ3v) is 4.40. The van der Waals surface area contributed by atoms with E-state index in [0.717, 1.165) is 16.8 Å². The van der Waals surface area contributed by atoms with Gasteiger partial charge in [-0.25, -0.2) is 4.68 Å². The fourth-order valence-electron chi connectivity index (χ4n) is 2.43. The molecule has 0 saturated carbocycles. The molecule has 0 unspecified atom stereocenters. The average molecular weight is 375 g/mol. The summed E-state index contributed by atoms with van der Waals surface area (Å²) in [5, 5.41) is 9.62. The zero-order valence-electron chi connectivity index (χ0n) is 13.8. The molecule has 0 N–H and O–H groups in total. The van der Waals surface area contributed by atoms with Crippen LogP contribution >= 0.6 is 23.2 Å². The van der Waals surface area contributed by atoms with Gasteiger partial charge >= 0.3 is 0 Å². The zero-order chi connectivity index (χ0) is 18.0. The van der Waals surface area contributed by atoms with Crippen molar-refractivity contribution in [1.82, 2.24) is 19.6 Å². The maximum atomic E-state index is 12.2. The summed E-state index contributed by atoms with van der Waals surface area (Å²) < 4.78 is 3.29. The van der Waals surface area contributed by atoms with Crippen LogP contribution in [0.3, 0.4) is 0 Å². The highest BCUT2D eigenvalue weighted by Crippen LogP contribution is 2.23. The summed E-state index contributed by atoms with van der Waals surface area (Å²) in [6.07, 6.45) is 6.38. The van der Waals surface area contributed by atoms with Crippen molar-refractivity contribution in [3.63, 3.8) is 0 Å². The summed E-state index contributed by atoms with van der Waals surface area (Å²) >= 11 is 12.3. The lowest BCUT2D eigenvalue weighted by Gasteiger charge is -2.03. The summed E-state index contributed by atoms with van der Waals surface area (Å²) in [5.41, 5.74) is 3.05. The molecule has 3 aromatic rings. The molecule has 0 aliphatic heterocycles. The van der Waals surface area contributed by atoms with Crippen molar-refractivity contribution in [2.24, 2.45) is 7.05 Å². The molecule has 0 spiro atoms. The molecule has 0 saturated heterocycles. The smallest absolute Gasteiger partial charge is 0.189 e. The van der Waals surface area contributed by atoms with Crippen LogP contribution in [0.4, 0.5) is 0 Å². The van der Waals surface area contributed by atoms with Crippen LogP contribution in [0.2, 0.25) is 10.2 Å². The third-order valence-electron chi connectivity index (χ3n) is 3.75. The van der Waals surface area contributed by atoms with E-state index in [1.165, 1.54) is 12.3 Å². The molecule has 7 heteroatoms. The van der Waals surface area contributed by atoms with Gasteiger partial charge in [0.1, 0.15) is 5.15 Å². The molecule has 2 aromatic heterocycles. The van der Waals surface area contributed by atoms with Gasteiger partial charge in [0, 0.05) is 23.8 Å². The number of carbonyl (C=O) groups is 1. The zero-order valence-corrected chi connectivity index (χ0v) is 15.3. The van der Waals surface area contributed by atoms with Gasteiger partial charge < -0.3 is 0 Å². The summed E-state index contributed by atoms with van der Waals surface area (Å²) in [7, 11) is 1.77. The van der Waals surface area contributed by atoms with Gasteiger partial charge in [-0.3, -0.25) is 9.48 Å². The Labute approximate surface area is 155 Å². The normalized spacial score (nSPS) is 11.4. The lowest BCUT2D eigenvalue weighted by atomic mass is 10.2. The van der Waals surface area contributed by atoms with E-state index in [1.54, 1.807) is 28.7 Å². The number of aromatic nitrogens is 4. The van der Waals surface area contributed by atoms with E-state index in [-0.39, 0.29) is 5.78 Å². The lowest BCUT2D eigenvalue weighted by Crippen LogP contribution is -2.01. The number of ketones is 1. The highest BCUT2D eigenvalue weighted by Gasteiger charge is 2.12. The van der Waals surface area contributed by atoms with Crippen molar-refractivity contribution < 1.29 is 4.79 Å². The molecule has 0 aliphatic rings. The molecule has 128 valence electrons. The minimum Gasteiger partial charge on any atom is -0.289 e. The predicted molar refractivity (Wildman–Crippen MR) is 99.1 cm³/mol. The van der Waals surface area contributed by atoms with Gasteiger partial charge in [0.25, 0.3) is 0 Å². The molecule has 1 aromatic carbocycles. The Hall–Kier alpha value is -2.37. The Kier molecular flexibility index (Phi) is 5.06. The first kappa shape index (κ1) is 17.5. The van der Waals surface area contributed by atoms with E-state index in [4.69, 9.17) is 23.2 Å². The Morgan fingerprint density at radius 2 is 1.96 bits per heavy atom. The van der Waals surface area contributed by atoms with E-state index in [1.807, 2.05) is 31.2 Å². The standard InChI is InChI=1S/C18H16Cl2N4O/c1-12-16(7-8-17(25)14-9-21-23(2)11-14)18(20)24(22-12)10-13-3-5-15(19)6-4-13/h3-9,11H,10H2,1-2H3/b8-7+. The molecular formula is C18H16Cl2N4O. The molecule has 25 heavy (non-hydrogen) atoms. The Morgan fingerprint density at radius 1 is 1.24 bits per heavy atom. The number of hydrogen-bond acceptors (Lipinski definition) is 3. The van der Waals surface area contributed by atoms with Crippen molar-refractivity contribution in [3.8, 4) is 0 Å². The number of aryl methyl sites for hydroxylation is 2. The van der Waals surface area contributed by atoms with Crippen LogP contribution < -0.4 is 0 Å². The molecular weight excluding hydrogens is 359 g/mol. The van der Waals surface area contributed by atoms with E-state index >= 15 is 0 Å². The molecule has 0 bridgehead atoms. The monoisotopic (exact) mass is 374 g/mol. The van der Waals surface area contributed by atoms with Crippen LogP contribution in [0.15, 0.2) is 42.7 Å². The van der Waals surface area contributed by atoms with Crippen molar-refractivity contribution in [3.05, 3.63) is 75.3 Å². The summed E-state index contributed by atoms with van der Waals surface area (Å²) in [6, 6.07) is 7.51. The Morgan fingerprint density at radius 3 is 2.60 bits per heavy atom. The number of benzene rings is 1. The number of carbonyl (C=O) groups excluding carboxylic acids is 1. The van der Waals surface area contributed by atoms with Crippen LogP contribution in [0.5, 0.6) is 0 Å². The highest BCUT2D eigenvalue weighted by molar-refractivity contribution is 6.31. The number of rotatable bonds is 5. The molecule has 0 amide bonds. The first-order valence-corrected chi connectivity index (χ1v) is 8.38. The van der Waals surface area contributed by atoms with Gasteiger partial charge in [0.15, 0.2) is 5.78 Å². The van der Waals surface area contributed by atoms with E-state index in [2.05, 4.69) is 10.2 Å². The quantitative estimate of drug-likeness (QED) is 0.497. The van der Waals surface area contributed by atoms with E-state index < -0.39 is 0 Å². The number of hydrogen-bond donors (Lipinski definition) is 0. The fourth-order valence-corrected chi connectivity index (χ4v) is 2.85. The first-order chi connectivity index (χ1) is 11.9. The van der Waals surface area contributed by atoms with Crippen LogP contribution in [0, 0.1) is 6.92 Å². The fraction of sp³-hybridized carbons (Fsp3) is 0.167. The molecule has 3 rings (SSSR count). The Balaban J connectivity index is 1.80. The van der Waals surface area contributed by atoms with Gasteiger partial charge in [-0.05, 0) is 36.8 Å². The minimum atomic E-state index is -0.131. The van der Waals surface area contributed by atoms with Crippen molar-refractivity contribution in [1.29, 1.82) is 0 Å². The highest BCUT2D eigenvalue weighted by atomic mass is 35.5. The maximum Gasteiger partial charge on any atom is 0.189 e. The third kappa shape index (κ3) is 4.00. The second kappa shape index (κ2) is 7.25. The number of nitrogens with zero attached hydrogens (tertiary/aromatic N) is 4. The summed E-state index contributed by atoms with van der Waals surface area (Å²) in [5.74, 6) is -0.131. The SMILES string of the molecule is Cc1nn(Cc2ccc(Cl)cc2)c(Cl)c1/C=C/C(=O)c1cnn(C)c1. The van der Waals surface area contributed by atoms with Gasteiger partial charge in [0.2, 0.25) is 0 Å². The van der Waals surface area contributed by atoms with Gasteiger partial charge in [-0.1, -0.05) is 35.3 Å². The van der Waals surface area contributed by atoms with Gasteiger partial charge in [-0.15, -0.1) is 0 Å². The lowest BCUT2D eigenvalue weighted by molar-refractivity contribution is 0.104. The Bertz CT molecular complexity index is 939.